The van der Waals surface area contributed by atoms with Gasteiger partial charge in [-0.05, 0) is 42.8 Å². The normalized spacial score (nSPS) is 11.8. The van der Waals surface area contributed by atoms with Gasteiger partial charge in [0.25, 0.3) is 5.91 Å². The number of imidazole rings is 1. The van der Waals surface area contributed by atoms with Crippen molar-refractivity contribution in [3.8, 4) is 5.75 Å². The van der Waals surface area contributed by atoms with Gasteiger partial charge in [-0.1, -0.05) is 29.8 Å². The number of amides is 1. The zero-order valence-corrected chi connectivity index (χ0v) is 18.7. The van der Waals surface area contributed by atoms with E-state index in [0.29, 0.717) is 22.9 Å². The number of thiazole rings is 1. The molecule has 2 aromatic carbocycles. The number of aryl methyl sites for hydroxylation is 2. The third kappa shape index (κ3) is 5.13. The second-order valence-corrected chi connectivity index (χ2v) is 8.53. The van der Waals surface area contributed by atoms with Crippen molar-refractivity contribution >= 4 is 28.8 Å². The summed E-state index contributed by atoms with van der Waals surface area (Å²) < 4.78 is 7.71. The third-order valence-electron chi connectivity index (χ3n) is 4.74. The van der Waals surface area contributed by atoms with Gasteiger partial charge in [-0.3, -0.25) is 4.79 Å². The number of carbonyl (C=O) groups excluding carboxylic acids is 1. The Kier molecular flexibility index (Phi) is 6.34. The molecule has 0 radical (unpaired) electrons. The van der Waals surface area contributed by atoms with E-state index in [1.165, 1.54) is 0 Å². The first-order valence-electron chi connectivity index (χ1n) is 9.67. The van der Waals surface area contributed by atoms with Crippen LogP contribution in [0.5, 0.6) is 5.75 Å². The highest BCUT2D eigenvalue weighted by Crippen LogP contribution is 2.24. The molecule has 2 aromatic heterocycles. The molecule has 1 amide bonds. The van der Waals surface area contributed by atoms with Crippen molar-refractivity contribution in [2.24, 2.45) is 7.05 Å². The van der Waals surface area contributed by atoms with Crippen LogP contribution in [0.4, 0.5) is 0 Å². The van der Waals surface area contributed by atoms with E-state index in [0.717, 1.165) is 22.1 Å². The van der Waals surface area contributed by atoms with Gasteiger partial charge in [0.1, 0.15) is 24.2 Å². The highest BCUT2D eigenvalue weighted by atomic mass is 35.5. The highest BCUT2D eigenvalue weighted by Gasteiger charge is 2.21. The van der Waals surface area contributed by atoms with Crippen molar-refractivity contribution in [2.75, 3.05) is 0 Å². The molecule has 0 aliphatic carbocycles. The number of rotatable bonds is 7. The average molecular weight is 453 g/mol. The lowest BCUT2D eigenvalue weighted by atomic mass is 10.1. The standard InChI is InChI=1S/C23H21ClN4O2S/c1-15-26-19(14-31-15)13-30-20-5-3-4-17(12-20)23(29)27-21(22-25-10-11-28(22)2)16-6-8-18(24)9-7-16/h3-12,14,21H,13H2,1-2H3,(H,27,29). The number of carbonyl (C=O) groups is 1. The van der Waals surface area contributed by atoms with Gasteiger partial charge < -0.3 is 14.6 Å². The lowest BCUT2D eigenvalue weighted by Gasteiger charge is -2.19. The summed E-state index contributed by atoms with van der Waals surface area (Å²) in [4.78, 5) is 21.9. The van der Waals surface area contributed by atoms with E-state index in [2.05, 4.69) is 15.3 Å². The number of hydrogen-bond donors (Lipinski definition) is 1. The maximum Gasteiger partial charge on any atom is 0.252 e. The van der Waals surface area contributed by atoms with E-state index in [1.807, 2.05) is 48.3 Å². The van der Waals surface area contributed by atoms with E-state index in [-0.39, 0.29) is 5.91 Å². The van der Waals surface area contributed by atoms with Gasteiger partial charge in [-0.25, -0.2) is 9.97 Å². The number of nitrogens with one attached hydrogen (secondary N) is 1. The predicted molar refractivity (Wildman–Crippen MR) is 122 cm³/mol. The molecule has 0 saturated heterocycles. The summed E-state index contributed by atoms with van der Waals surface area (Å²) in [6, 6.07) is 14.1. The monoisotopic (exact) mass is 452 g/mol. The SMILES string of the molecule is Cc1nc(COc2cccc(C(=O)NC(c3ccc(Cl)cc3)c3nccn3C)c2)cs1. The molecule has 0 saturated carbocycles. The minimum atomic E-state index is -0.424. The van der Waals surface area contributed by atoms with Crippen LogP contribution in [0.3, 0.4) is 0 Å². The topological polar surface area (TPSA) is 69.0 Å². The van der Waals surface area contributed by atoms with Crippen LogP contribution in [-0.2, 0) is 13.7 Å². The minimum absolute atomic E-state index is 0.224. The smallest absolute Gasteiger partial charge is 0.252 e. The van der Waals surface area contributed by atoms with Gasteiger partial charge >= 0.3 is 0 Å². The largest absolute Gasteiger partial charge is 0.487 e. The highest BCUT2D eigenvalue weighted by molar-refractivity contribution is 7.09. The molecule has 1 unspecified atom stereocenters. The van der Waals surface area contributed by atoms with Crippen LogP contribution >= 0.6 is 22.9 Å². The van der Waals surface area contributed by atoms with Crippen LogP contribution in [0, 0.1) is 6.92 Å². The summed E-state index contributed by atoms with van der Waals surface area (Å²) in [6.07, 6.45) is 3.55. The number of ether oxygens (including phenoxy) is 1. The molecular formula is C23H21ClN4O2S. The molecule has 2 heterocycles. The Morgan fingerprint density at radius 2 is 2.06 bits per heavy atom. The first-order valence-corrected chi connectivity index (χ1v) is 10.9. The number of hydrogen-bond acceptors (Lipinski definition) is 5. The van der Waals surface area contributed by atoms with Gasteiger partial charge in [0, 0.05) is 35.4 Å². The number of nitrogens with zero attached hydrogens (tertiary/aromatic N) is 3. The Hall–Kier alpha value is -3.16. The molecule has 0 fully saturated rings. The Balaban J connectivity index is 1.53. The maximum atomic E-state index is 13.1. The molecule has 0 aliphatic rings. The van der Waals surface area contributed by atoms with E-state index >= 15 is 0 Å². The summed E-state index contributed by atoms with van der Waals surface area (Å²) in [5.41, 5.74) is 2.26. The van der Waals surface area contributed by atoms with E-state index in [4.69, 9.17) is 16.3 Å². The molecule has 0 bridgehead atoms. The Morgan fingerprint density at radius 3 is 2.74 bits per heavy atom. The average Bonchev–Trinajstić information content (AvgIpc) is 3.39. The van der Waals surface area contributed by atoms with Gasteiger partial charge in [0.15, 0.2) is 0 Å². The van der Waals surface area contributed by atoms with Crippen LogP contribution in [-0.4, -0.2) is 20.4 Å². The molecule has 4 aromatic rings. The summed E-state index contributed by atoms with van der Waals surface area (Å²) in [5, 5.41) is 6.68. The van der Waals surface area contributed by atoms with Crippen LogP contribution < -0.4 is 10.1 Å². The quantitative estimate of drug-likeness (QED) is 0.431. The molecule has 31 heavy (non-hydrogen) atoms. The lowest BCUT2D eigenvalue weighted by Crippen LogP contribution is -2.31. The molecular weight excluding hydrogens is 432 g/mol. The molecule has 8 heteroatoms. The van der Waals surface area contributed by atoms with Crippen molar-refractivity contribution in [1.82, 2.24) is 19.9 Å². The first kappa shape index (κ1) is 21.1. The first-order chi connectivity index (χ1) is 15.0. The molecule has 1 N–H and O–H groups in total. The fourth-order valence-corrected chi connectivity index (χ4v) is 3.90. The van der Waals surface area contributed by atoms with Gasteiger partial charge in [0.05, 0.1) is 10.7 Å². The second-order valence-electron chi connectivity index (χ2n) is 7.03. The van der Waals surface area contributed by atoms with Crippen molar-refractivity contribution < 1.29 is 9.53 Å². The minimum Gasteiger partial charge on any atom is -0.487 e. The van der Waals surface area contributed by atoms with Crippen molar-refractivity contribution in [3.05, 3.63) is 99.0 Å². The van der Waals surface area contributed by atoms with Crippen molar-refractivity contribution in [2.45, 2.75) is 19.6 Å². The van der Waals surface area contributed by atoms with E-state index in [9.17, 15) is 4.79 Å². The van der Waals surface area contributed by atoms with Gasteiger partial charge in [0.2, 0.25) is 0 Å². The van der Waals surface area contributed by atoms with Gasteiger partial charge in [-0.15, -0.1) is 11.3 Å². The van der Waals surface area contributed by atoms with Crippen molar-refractivity contribution in [3.63, 3.8) is 0 Å². The van der Waals surface area contributed by atoms with Crippen LogP contribution in [0.2, 0.25) is 5.02 Å². The van der Waals surface area contributed by atoms with Crippen LogP contribution in [0.1, 0.15) is 38.5 Å². The Bertz CT molecular complexity index is 1190. The zero-order chi connectivity index (χ0) is 21.8. The molecule has 4 rings (SSSR count). The molecule has 0 spiro atoms. The number of halogens is 1. The van der Waals surface area contributed by atoms with Crippen LogP contribution in [0.25, 0.3) is 0 Å². The third-order valence-corrected chi connectivity index (χ3v) is 5.82. The fraction of sp³-hybridized carbons (Fsp3) is 0.174. The van der Waals surface area contributed by atoms with Crippen LogP contribution in [0.15, 0.2) is 66.3 Å². The summed E-state index contributed by atoms with van der Waals surface area (Å²) >= 11 is 7.62. The lowest BCUT2D eigenvalue weighted by molar-refractivity contribution is 0.0940. The van der Waals surface area contributed by atoms with E-state index < -0.39 is 6.04 Å². The second kappa shape index (κ2) is 9.32. The molecule has 6 nitrogen and oxygen atoms in total. The number of benzene rings is 2. The fourth-order valence-electron chi connectivity index (χ4n) is 3.18. The van der Waals surface area contributed by atoms with Gasteiger partial charge in [-0.2, -0.15) is 0 Å². The Morgan fingerprint density at radius 1 is 1.26 bits per heavy atom. The molecule has 1 atom stereocenters. The predicted octanol–water partition coefficient (Wildman–Crippen LogP) is 4.94. The summed E-state index contributed by atoms with van der Waals surface area (Å²) in [5.74, 6) is 1.11. The molecule has 0 aliphatic heterocycles. The maximum absolute atomic E-state index is 13.1. The summed E-state index contributed by atoms with van der Waals surface area (Å²) in [6.45, 7) is 2.31. The number of aromatic nitrogens is 3. The van der Waals surface area contributed by atoms with E-state index in [1.54, 1.807) is 47.9 Å². The molecule has 158 valence electrons. The zero-order valence-electron chi connectivity index (χ0n) is 17.1. The summed E-state index contributed by atoms with van der Waals surface area (Å²) in [7, 11) is 1.89. The Labute approximate surface area is 189 Å². The van der Waals surface area contributed by atoms with Crippen molar-refractivity contribution in [1.29, 1.82) is 0 Å².